The minimum absolute atomic E-state index is 0.0452. The van der Waals surface area contributed by atoms with Gasteiger partial charge in [0.1, 0.15) is 0 Å². The molecule has 0 saturated carbocycles. The second-order valence-electron chi connectivity index (χ2n) is 7.86. The van der Waals surface area contributed by atoms with Gasteiger partial charge in [0.05, 0.1) is 0 Å². The Balaban J connectivity index is 2.23. The van der Waals surface area contributed by atoms with E-state index in [0.29, 0.717) is 5.92 Å². The number of Topliss-reactive ketones (excluding diaryl/α,β-unsaturated/α-hetero) is 1. The summed E-state index contributed by atoms with van der Waals surface area (Å²) in [4.78, 5) is 24.1. The van der Waals surface area contributed by atoms with Gasteiger partial charge in [-0.15, -0.1) is 0 Å². The van der Waals surface area contributed by atoms with Crippen LogP contribution in [0.4, 0.5) is 0 Å². The van der Waals surface area contributed by atoms with Gasteiger partial charge in [0, 0.05) is 12.5 Å². The van der Waals surface area contributed by atoms with Crippen molar-refractivity contribution in [3.05, 3.63) is 34.4 Å². The Morgan fingerprint density at radius 2 is 2.04 bits per heavy atom. The zero-order valence-corrected chi connectivity index (χ0v) is 16.4. The van der Waals surface area contributed by atoms with Gasteiger partial charge in [0.15, 0.2) is 6.10 Å². The first-order chi connectivity index (χ1) is 11.8. The van der Waals surface area contributed by atoms with Crippen LogP contribution in [0, 0.1) is 11.8 Å². The predicted molar refractivity (Wildman–Crippen MR) is 101 cm³/mol. The summed E-state index contributed by atoms with van der Waals surface area (Å²) in [7, 11) is 0. The zero-order valence-electron chi connectivity index (χ0n) is 16.4. The van der Waals surface area contributed by atoms with E-state index < -0.39 is 6.10 Å². The Hall–Kier alpha value is -1.64. The van der Waals surface area contributed by atoms with E-state index in [-0.39, 0.29) is 17.7 Å². The first-order valence-corrected chi connectivity index (χ1v) is 9.54. The topological polar surface area (TPSA) is 43.4 Å². The third kappa shape index (κ3) is 4.93. The van der Waals surface area contributed by atoms with Crippen LogP contribution < -0.4 is 0 Å². The lowest BCUT2D eigenvalue weighted by Crippen LogP contribution is -2.43. The van der Waals surface area contributed by atoms with E-state index in [1.54, 1.807) is 0 Å². The van der Waals surface area contributed by atoms with Crippen molar-refractivity contribution in [1.29, 1.82) is 0 Å². The normalized spacial score (nSPS) is 26.9. The van der Waals surface area contributed by atoms with Crippen LogP contribution in [0.1, 0.15) is 73.1 Å². The Kier molecular flexibility index (Phi) is 6.80. The van der Waals surface area contributed by atoms with Crippen molar-refractivity contribution < 1.29 is 14.3 Å². The van der Waals surface area contributed by atoms with Gasteiger partial charge in [-0.25, -0.2) is 0 Å². The van der Waals surface area contributed by atoms with Gasteiger partial charge in [-0.3, -0.25) is 9.59 Å². The van der Waals surface area contributed by atoms with Crippen molar-refractivity contribution in [3.8, 4) is 0 Å². The van der Waals surface area contributed by atoms with Gasteiger partial charge in [0.2, 0.25) is 5.78 Å². The largest absolute Gasteiger partial charge is 0.450 e. The highest BCUT2D eigenvalue weighted by Crippen LogP contribution is 2.43. The molecular formula is C22H32O3. The first-order valence-electron chi connectivity index (χ1n) is 9.54. The lowest BCUT2D eigenvalue weighted by atomic mass is 9.69. The molecule has 3 atom stereocenters. The summed E-state index contributed by atoms with van der Waals surface area (Å²) >= 11 is 0. The summed E-state index contributed by atoms with van der Waals surface area (Å²) < 4.78 is 5.30. The maximum Gasteiger partial charge on any atom is 0.303 e. The molecule has 25 heavy (non-hydrogen) atoms. The molecule has 0 aliphatic heterocycles. The van der Waals surface area contributed by atoms with E-state index in [0.717, 1.165) is 49.7 Å². The van der Waals surface area contributed by atoms with Crippen LogP contribution in [0.15, 0.2) is 34.4 Å². The number of hydrogen-bond donors (Lipinski definition) is 0. The number of hydrogen-bond acceptors (Lipinski definition) is 3. The smallest absolute Gasteiger partial charge is 0.303 e. The molecule has 0 aromatic heterocycles. The van der Waals surface area contributed by atoms with E-state index >= 15 is 0 Å². The average molecular weight is 344 g/mol. The van der Waals surface area contributed by atoms with Gasteiger partial charge in [-0.1, -0.05) is 30.2 Å². The van der Waals surface area contributed by atoms with Crippen molar-refractivity contribution in [1.82, 2.24) is 0 Å². The minimum atomic E-state index is -0.619. The monoisotopic (exact) mass is 344 g/mol. The highest BCUT2D eigenvalue weighted by atomic mass is 16.5. The number of ether oxygens (including phenoxy) is 1. The molecule has 0 fully saturated rings. The van der Waals surface area contributed by atoms with E-state index in [4.69, 9.17) is 4.74 Å². The van der Waals surface area contributed by atoms with Gasteiger partial charge >= 0.3 is 5.97 Å². The fraction of sp³-hybridized carbons (Fsp3) is 0.636. The Bertz CT molecular complexity index is 617. The van der Waals surface area contributed by atoms with Gasteiger partial charge in [0.25, 0.3) is 0 Å². The molecule has 138 valence electrons. The molecular weight excluding hydrogens is 312 g/mol. The summed E-state index contributed by atoms with van der Waals surface area (Å²) in [6, 6.07) is 0. The summed E-state index contributed by atoms with van der Waals surface area (Å²) in [6.45, 7) is 10.1. The molecule has 2 rings (SSSR count). The van der Waals surface area contributed by atoms with Crippen LogP contribution in [-0.4, -0.2) is 17.9 Å². The second-order valence-corrected chi connectivity index (χ2v) is 7.86. The van der Waals surface area contributed by atoms with Crippen molar-refractivity contribution >= 4 is 11.8 Å². The summed E-state index contributed by atoms with van der Waals surface area (Å²) in [6.07, 6.45) is 9.87. The molecule has 2 aliphatic carbocycles. The fourth-order valence-electron chi connectivity index (χ4n) is 4.01. The second kappa shape index (κ2) is 8.64. The Labute approximate surface area is 152 Å². The number of carbonyl (C=O) groups excluding carboxylic acids is 2. The maximum absolute atomic E-state index is 12.7. The third-order valence-electron chi connectivity index (χ3n) is 5.44. The van der Waals surface area contributed by atoms with Crippen LogP contribution >= 0.6 is 0 Å². The quantitative estimate of drug-likeness (QED) is 0.501. The fourth-order valence-corrected chi connectivity index (χ4v) is 4.01. The minimum Gasteiger partial charge on any atom is -0.450 e. The van der Waals surface area contributed by atoms with Crippen molar-refractivity contribution in [2.24, 2.45) is 11.8 Å². The van der Waals surface area contributed by atoms with Crippen molar-refractivity contribution in [2.75, 3.05) is 0 Å². The third-order valence-corrected chi connectivity index (χ3v) is 5.44. The highest BCUT2D eigenvalue weighted by molar-refractivity contribution is 6.10. The van der Waals surface area contributed by atoms with Crippen molar-refractivity contribution in [3.63, 3.8) is 0 Å². The zero-order chi connectivity index (χ0) is 18.6. The van der Waals surface area contributed by atoms with Crippen LogP contribution in [-0.2, 0) is 14.3 Å². The summed E-state index contributed by atoms with van der Waals surface area (Å²) in [5.41, 5.74) is 4.79. The molecule has 3 heteroatoms. The molecule has 0 aromatic carbocycles. The van der Waals surface area contributed by atoms with Gasteiger partial charge in [-0.2, -0.15) is 0 Å². The number of esters is 1. The number of rotatable bonds is 5. The molecule has 0 N–H and O–H groups in total. The van der Waals surface area contributed by atoms with Crippen LogP contribution in [0.5, 0.6) is 0 Å². The first kappa shape index (κ1) is 19.7. The molecule has 0 amide bonds. The van der Waals surface area contributed by atoms with E-state index in [1.807, 2.05) is 0 Å². The number of carbonyl (C=O) groups is 2. The molecule has 1 unspecified atom stereocenters. The SMILES string of the molecule is CC(=O)O[C@H]1C(=O)C2=C1CC/C=C(\C)CCC2[C@@H](C)CCC=C(C)C. The van der Waals surface area contributed by atoms with Gasteiger partial charge < -0.3 is 4.74 Å². The van der Waals surface area contributed by atoms with Crippen molar-refractivity contribution in [2.45, 2.75) is 79.2 Å². The predicted octanol–water partition coefficient (Wildman–Crippen LogP) is 5.32. The van der Waals surface area contributed by atoms with Crippen LogP contribution in [0.2, 0.25) is 0 Å². The molecule has 0 spiro atoms. The number of allylic oxidation sites excluding steroid dienone is 4. The van der Waals surface area contributed by atoms with Gasteiger partial charge in [-0.05, 0) is 76.7 Å². The van der Waals surface area contributed by atoms with E-state index in [9.17, 15) is 9.59 Å². The lowest BCUT2D eigenvalue weighted by Gasteiger charge is -2.37. The molecule has 3 nitrogen and oxygen atoms in total. The highest BCUT2D eigenvalue weighted by Gasteiger charge is 2.45. The molecule has 0 radical (unpaired) electrons. The summed E-state index contributed by atoms with van der Waals surface area (Å²) in [5, 5.41) is 0. The molecule has 0 aromatic rings. The number of ketones is 1. The standard InChI is InChI=1S/C22H32O3/c1-14(2)8-6-10-16(4)18-13-12-15(3)9-7-11-19-20(18)21(24)22(19)25-17(5)23/h8-9,16,18,22H,6-7,10-13H2,1-5H3/b15-9+/t16-,18?,22+/m0/s1. The lowest BCUT2D eigenvalue weighted by molar-refractivity contribution is -0.152. The van der Waals surface area contributed by atoms with Crippen LogP contribution in [0.25, 0.3) is 0 Å². The Morgan fingerprint density at radius 1 is 1.32 bits per heavy atom. The van der Waals surface area contributed by atoms with E-state index in [1.165, 1.54) is 18.1 Å². The maximum atomic E-state index is 12.7. The average Bonchev–Trinajstić information content (AvgIpc) is 2.60. The van der Waals surface area contributed by atoms with Crippen LogP contribution in [0.3, 0.4) is 0 Å². The Morgan fingerprint density at radius 3 is 2.68 bits per heavy atom. The van der Waals surface area contributed by atoms with E-state index in [2.05, 4.69) is 39.8 Å². The molecule has 2 aliphatic rings. The molecule has 0 saturated heterocycles. The molecule has 0 bridgehead atoms. The summed E-state index contributed by atoms with van der Waals surface area (Å²) in [5.74, 6) is 0.406. The molecule has 0 heterocycles.